The topological polar surface area (TPSA) is 54.5 Å². The summed E-state index contributed by atoms with van der Waals surface area (Å²) < 4.78 is 18.5. The highest BCUT2D eigenvalue weighted by Gasteiger charge is 2.37. The van der Waals surface area contributed by atoms with Crippen molar-refractivity contribution in [1.82, 2.24) is 9.80 Å². The van der Waals surface area contributed by atoms with E-state index in [-0.39, 0.29) is 17.9 Å². The molecule has 4 aliphatic heterocycles. The SMILES string of the molecule is CC(=O)N1CCOc2cc3c(cc21)OCC1C3=CCO[C@H]1CN1CCN(C/C(C)=C/c2ccccc2)CC1. The van der Waals surface area contributed by atoms with Crippen molar-refractivity contribution in [3.05, 3.63) is 65.2 Å². The summed E-state index contributed by atoms with van der Waals surface area (Å²) in [6.45, 7) is 12.2. The molecule has 4 heterocycles. The molecule has 0 aromatic heterocycles. The Balaban J connectivity index is 1.08. The van der Waals surface area contributed by atoms with Crippen LogP contribution in [0.25, 0.3) is 11.6 Å². The fraction of sp³-hybridized carbons (Fsp3) is 0.452. The lowest BCUT2D eigenvalue weighted by molar-refractivity contribution is -0.116. The summed E-state index contributed by atoms with van der Waals surface area (Å²) >= 11 is 0. The Bertz CT molecular complexity index is 1230. The van der Waals surface area contributed by atoms with Crippen LogP contribution in [0.4, 0.5) is 5.69 Å². The zero-order chi connectivity index (χ0) is 26.1. The summed E-state index contributed by atoms with van der Waals surface area (Å²) in [5, 5.41) is 0. The fourth-order valence-electron chi connectivity index (χ4n) is 6.13. The zero-order valence-electron chi connectivity index (χ0n) is 22.4. The largest absolute Gasteiger partial charge is 0.492 e. The van der Waals surface area contributed by atoms with Crippen LogP contribution in [0, 0.1) is 5.92 Å². The molecule has 1 unspecified atom stereocenters. The first-order valence-electron chi connectivity index (χ1n) is 13.8. The van der Waals surface area contributed by atoms with Crippen LogP contribution < -0.4 is 14.4 Å². The number of rotatable bonds is 5. The summed E-state index contributed by atoms with van der Waals surface area (Å²) in [6.07, 6.45) is 4.58. The third kappa shape index (κ3) is 5.23. The van der Waals surface area contributed by atoms with Crippen LogP contribution in [0.2, 0.25) is 0 Å². The summed E-state index contributed by atoms with van der Waals surface area (Å²) in [5.41, 5.74) is 5.82. The van der Waals surface area contributed by atoms with Crippen molar-refractivity contribution in [2.45, 2.75) is 20.0 Å². The first-order chi connectivity index (χ1) is 18.5. The molecular weight excluding hydrogens is 478 g/mol. The Morgan fingerprint density at radius 1 is 0.974 bits per heavy atom. The minimum absolute atomic E-state index is 0.0241. The van der Waals surface area contributed by atoms with Gasteiger partial charge in [-0.2, -0.15) is 0 Å². The highest BCUT2D eigenvalue weighted by molar-refractivity contribution is 5.95. The molecule has 38 heavy (non-hydrogen) atoms. The lowest BCUT2D eigenvalue weighted by Gasteiger charge is -2.41. The van der Waals surface area contributed by atoms with Crippen LogP contribution in [0.5, 0.6) is 11.5 Å². The van der Waals surface area contributed by atoms with Gasteiger partial charge in [-0.15, -0.1) is 0 Å². The number of amides is 1. The summed E-state index contributed by atoms with van der Waals surface area (Å²) in [5.74, 6) is 1.80. The quantitative estimate of drug-likeness (QED) is 0.601. The number of ether oxygens (including phenoxy) is 3. The van der Waals surface area contributed by atoms with E-state index in [1.807, 2.05) is 6.07 Å². The van der Waals surface area contributed by atoms with Crippen LogP contribution in [0.1, 0.15) is 25.0 Å². The number of carbonyl (C=O) groups is 1. The standard InChI is InChI=1S/C31H37N3O4/c1-22(16-24-6-4-3-5-7-24)19-32-9-11-33(12-10-32)20-31-27-21-38-29-18-28-30(37-15-13-34(28)23(2)35)17-26(29)25(27)8-14-36-31/h3-8,16-18,27,31H,9-15,19-21H2,1-2H3/b22-16+/t27?,31-/m0/s1. The molecule has 200 valence electrons. The Morgan fingerprint density at radius 3 is 2.55 bits per heavy atom. The Hall–Kier alpha value is -3.13. The molecule has 2 aromatic rings. The second-order valence-electron chi connectivity index (χ2n) is 10.8. The van der Waals surface area contributed by atoms with Crippen molar-refractivity contribution in [1.29, 1.82) is 0 Å². The molecule has 1 fully saturated rings. The summed E-state index contributed by atoms with van der Waals surface area (Å²) in [7, 11) is 0. The van der Waals surface area contributed by atoms with Crippen LogP contribution in [0.3, 0.4) is 0 Å². The number of carbonyl (C=O) groups excluding carboxylic acids is 1. The minimum atomic E-state index is 0.0241. The second kappa shape index (κ2) is 10.9. The van der Waals surface area contributed by atoms with Crippen molar-refractivity contribution < 1.29 is 19.0 Å². The summed E-state index contributed by atoms with van der Waals surface area (Å²) in [6, 6.07) is 14.6. The van der Waals surface area contributed by atoms with E-state index in [1.54, 1.807) is 11.8 Å². The maximum atomic E-state index is 12.1. The van der Waals surface area contributed by atoms with Crippen LogP contribution in [0.15, 0.2) is 54.1 Å². The van der Waals surface area contributed by atoms with E-state index >= 15 is 0 Å². The fourth-order valence-corrected chi connectivity index (χ4v) is 6.13. The average molecular weight is 516 g/mol. The van der Waals surface area contributed by atoms with Crippen molar-refractivity contribution in [3.8, 4) is 11.5 Å². The Kier molecular flexibility index (Phi) is 7.24. The molecule has 0 bridgehead atoms. The number of hydrogen-bond donors (Lipinski definition) is 0. The van der Waals surface area contributed by atoms with Gasteiger partial charge in [0.05, 0.1) is 31.5 Å². The van der Waals surface area contributed by atoms with Gasteiger partial charge in [0.15, 0.2) is 0 Å². The molecule has 0 spiro atoms. The van der Waals surface area contributed by atoms with Crippen molar-refractivity contribution in [2.75, 3.05) is 70.5 Å². The van der Waals surface area contributed by atoms with Crippen molar-refractivity contribution in [3.63, 3.8) is 0 Å². The molecule has 1 amide bonds. The zero-order valence-corrected chi connectivity index (χ0v) is 22.4. The highest BCUT2D eigenvalue weighted by Crippen LogP contribution is 2.46. The number of fused-ring (bicyclic) bond motifs is 4. The van der Waals surface area contributed by atoms with Gasteiger partial charge in [-0.3, -0.25) is 14.6 Å². The van der Waals surface area contributed by atoms with Gasteiger partial charge in [-0.1, -0.05) is 48.1 Å². The predicted octanol–water partition coefficient (Wildman–Crippen LogP) is 3.94. The molecule has 0 saturated carbocycles. The van der Waals surface area contributed by atoms with Crippen molar-refractivity contribution >= 4 is 23.2 Å². The number of hydrogen-bond acceptors (Lipinski definition) is 6. The molecule has 0 N–H and O–H groups in total. The van der Waals surface area contributed by atoms with Crippen LogP contribution in [-0.4, -0.2) is 87.4 Å². The van der Waals surface area contributed by atoms with Gasteiger partial charge >= 0.3 is 0 Å². The first-order valence-corrected chi connectivity index (χ1v) is 13.8. The van der Waals surface area contributed by atoms with Crippen molar-refractivity contribution in [2.24, 2.45) is 5.92 Å². The van der Waals surface area contributed by atoms with E-state index < -0.39 is 0 Å². The van der Waals surface area contributed by atoms with Gasteiger partial charge in [-0.25, -0.2) is 0 Å². The highest BCUT2D eigenvalue weighted by atomic mass is 16.5. The Labute approximate surface area is 225 Å². The molecule has 0 aliphatic carbocycles. The number of anilines is 1. The maximum Gasteiger partial charge on any atom is 0.224 e. The third-order valence-electron chi connectivity index (χ3n) is 8.08. The van der Waals surface area contributed by atoms with E-state index in [2.05, 4.69) is 65.3 Å². The predicted molar refractivity (Wildman–Crippen MR) is 150 cm³/mol. The van der Waals surface area contributed by atoms with E-state index in [4.69, 9.17) is 14.2 Å². The van der Waals surface area contributed by atoms with Gasteiger partial charge in [0.2, 0.25) is 5.91 Å². The van der Waals surface area contributed by atoms with Gasteiger partial charge in [0.25, 0.3) is 0 Å². The molecule has 6 rings (SSSR count). The first kappa shape index (κ1) is 25.2. The normalized spacial score (nSPS) is 23.9. The van der Waals surface area contributed by atoms with Gasteiger partial charge in [0.1, 0.15) is 18.1 Å². The van der Waals surface area contributed by atoms with Crippen LogP contribution in [-0.2, 0) is 9.53 Å². The van der Waals surface area contributed by atoms with Gasteiger partial charge in [0, 0.05) is 63.7 Å². The smallest absolute Gasteiger partial charge is 0.224 e. The molecular formula is C31H37N3O4. The van der Waals surface area contributed by atoms with E-state index in [9.17, 15) is 4.79 Å². The molecule has 2 atom stereocenters. The molecule has 1 saturated heterocycles. The number of nitrogens with zero attached hydrogens (tertiary/aromatic N) is 3. The molecule has 2 aromatic carbocycles. The Morgan fingerprint density at radius 2 is 1.76 bits per heavy atom. The van der Waals surface area contributed by atoms with Gasteiger partial charge in [-0.05, 0) is 24.1 Å². The monoisotopic (exact) mass is 515 g/mol. The molecule has 4 aliphatic rings. The van der Waals surface area contributed by atoms with E-state index in [0.717, 1.165) is 62.0 Å². The second-order valence-corrected chi connectivity index (χ2v) is 10.8. The molecule has 7 nitrogen and oxygen atoms in total. The lowest BCUT2D eigenvalue weighted by atomic mass is 9.84. The number of piperazine rings is 1. The molecule has 0 radical (unpaired) electrons. The third-order valence-corrected chi connectivity index (χ3v) is 8.08. The van der Waals surface area contributed by atoms with Gasteiger partial charge < -0.3 is 19.1 Å². The minimum Gasteiger partial charge on any atom is -0.492 e. The van der Waals surface area contributed by atoms with E-state index in [0.29, 0.717) is 26.4 Å². The lowest BCUT2D eigenvalue weighted by Crippen LogP contribution is -2.51. The van der Waals surface area contributed by atoms with E-state index in [1.165, 1.54) is 16.7 Å². The number of benzene rings is 2. The maximum absolute atomic E-state index is 12.1. The molecule has 7 heteroatoms. The average Bonchev–Trinajstić information content (AvgIpc) is 2.93. The summed E-state index contributed by atoms with van der Waals surface area (Å²) in [4.78, 5) is 19.0. The van der Waals surface area contributed by atoms with Crippen LogP contribution >= 0.6 is 0 Å².